The van der Waals surface area contributed by atoms with Gasteiger partial charge in [-0.25, -0.2) is 4.79 Å². The van der Waals surface area contributed by atoms with Gasteiger partial charge < -0.3 is 9.47 Å². The second-order valence-electron chi connectivity index (χ2n) is 4.23. The molecule has 0 aliphatic heterocycles. The van der Waals surface area contributed by atoms with Crippen molar-refractivity contribution in [3.05, 3.63) is 35.4 Å². The number of rotatable bonds is 6. The number of benzene rings is 1. The van der Waals surface area contributed by atoms with Gasteiger partial charge in [-0.1, -0.05) is 12.1 Å². The van der Waals surface area contributed by atoms with E-state index in [4.69, 9.17) is 4.74 Å². The van der Waals surface area contributed by atoms with Gasteiger partial charge in [-0.3, -0.25) is 14.4 Å². The zero-order valence-electron chi connectivity index (χ0n) is 12.0. The summed E-state index contributed by atoms with van der Waals surface area (Å²) in [4.78, 5) is 46.7. The molecule has 0 bridgehead atoms. The largest absolute Gasteiger partial charge is 0.465 e. The number of methoxy groups -OCH3 is 1. The molecular formula is C15H16O6. The van der Waals surface area contributed by atoms with Crippen molar-refractivity contribution in [3.63, 3.8) is 0 Å². The Labute approximate surface area is 122 Å². The number of hydrogen-bond donors (Lipinski definition) is 0. The molecule has 0 aliphatic carbocycles. The Morgan fingerprint density at radius 3 is 2.00 bits per heavy atom. The molecule has 0 aliphatic rings. The summed E-state index contributed by atoms with van der Waals surface area (Å²) in [6, 6.07) is 5.51. The fraction of sp³-hybridized carbons (Fsp3) is 0.333. The molecule has 1 rings (SSSR count). The summed E-state index contributed by atoms with van der Waals surface area (Å²) in [6.45, 7) is 2.82. The SMILES string of the molecule is CCOC(=O)C(C(C)=O)C(=O)c1ccc(C(=O)OC)cc1. The first-order valence-corrected chi connectivity index (χ1v) is 6.32. The van der Waals surface area contributed by atoms with Crippen LogP contribution in [0.1, 0.15) is 34.6 Å². The van der Waals surface area contributed by atoms with Crippen molar-refractivity contribution in [1.82, 2.24) is 0 Å². The fourth-order valence-corrected chi connectivity index (χ4v) is 1.74. The van der Waals surface area contributed by atoms with E-state index < -0.39 is 29.4 Å². The van der Waals surface area contributed by atoms with E-state index in [2.05, 4.69) is 4.74 Å². The molecule has 0 saturated heterocycles. The Kier molecular flexibility index (Phi) is 5.78. The maximum absolute atomic E-state index is 12.2. The summed E-state index contributed by atoms with van der Waals surface area (Å²) in [7, 11) is 1.24. The van der Waals surface area contributed by atoms with Gasteiger partial charge in [-0.05, 0) is 26.0 Å². The molecule has 0 heterocycles. The van der Waals surface area contributed by atoms with Crippen molar-refractivity contribution in [2.24, 2.45) is 5.92 Å². The minimum absolute atomic E-state index is 0.0805. The molecule has 0 amide bonds. The molecule has 0 saturated carbocycles. The third-order valence-corrected chi connectivity index (χ3v) is 2.78. The maximum Gasteiger partial charge on any atom is 0.337 e. The smallest absolute Gasteiger partial charge is 0.337 e. The lowest BCUT2D eigenvalue weighted by Gasteiger charge is -2.11. The topological polar surface area (TPSA) is 86.7 Å². The van der Waals surface area contributed by atoms with Crippen molar-refractivity contribution in [1.29, 1.82) is 0 Å². The first-order valence-electron chi connectivity index (χ1n) is 6.32. The van der Waals surface area contributed by atoms with Gasteiger partial charge in [0.05, 0.1) is 19.3 Å². The normalized spacial score (nSPS) is 11.4. The van der Waals surface area contributed by atoms with Gasteiger partial charge in [0.25, 0.3) is 0 Å². The molecule has 1 atom stereocenters. The van der Waals surface area contributed by atoms with Crippen LogP contribution >= 0.6 is 0 Å². The standard InChI is InChI=1S/C15H16O6/c1-4-21-15(19)12(9(2)16)13(17)10-5-7-11(8-6-10)14(18)20-3/h5-8,12H,4H2,1-3H3. The molecular weight excluding hydrogens is 276 g/mol. The number of hydrogen-bond acceptors (Lipinski definition) is 6. The van der Waals surface area contributed by atoms with E-state index in [0.717, 1.165) is 6.92 Å². The Hall–Kier alpha value is -2.50. The Morgan fingerprint density at radius 2 is 1.57 bits per heavy atom. The van der Waals surface area contributed by atoms with E-state index in [0.29, 0.717) is 0 Å². The van der Waals surface area contributed by atoms with Crippen LogP contribution in [0, 0.1) is 5.92 Å². The van der Waals surface area contributed by atoms with E-state index in [1.54, 1.807) is 6.92 Å². The van der Waals surface area contributed by atoms with E-state index >= 15 is 0 Å². The Balaban J connectivity index is 3.02. The minimum Gasteiger partial charge on any atom is -0.465 e. The van der Waals surface area contributed by atoms with E-state index in [9.17, 15) is 19.2 Å². The van der Waals surface area contributed by atoms with E-state index in [1.807, 2.05) is 0 Å². The molecule has 0 N–H and O–H groups in total. The molecule has 112 valence electrons. The minimum atomic E-state index is -1.48. The summed E-state index contributed by atoms with van der Waals surface area (Å²) in [5, 5.41) is 0. The molecule has 0 radical (unpaired) electrons. The van der Waals surface area contributed by atoms with Crippen molar-refractivity contribution >= 4 is 23.5 Å². The molecule has 0 fully saturated rings. The van der Waals surface area contributed by atoms with Gasteiger partial charge in [-0.2, -0.15) is 0 Å². The van der Waals surface area contributed by atoms with Crippen LogP contribution in [0.5, 0.6) is 0 Å². The van der Waals surface area contributed by atoms with E-state index in [-0.39, 0.29) is 17.7 Å². The summed E-state index contributed by atoms with van der Waals surface area (Å²) >= 11 is 0. The monoisotopic (exact) mass is 292 g/mol. The Morgan fingerprint density at radius 1 is 1.05 bits per heavy atom. The second kappa shape index (κ2) is 7.33. The van der Waals surface area contributed by atoms with Gasteiger partial charge in [0.1, 0.15) is 0 Å². The van der Waals surface area contributed by atoms with Crippen LogP contribution in [0.2, 0.25) is 0 Å². The average molecular weight is 292 g/mol. The summed E-state index contributed by atoms with van der Waals surface area (Å²) in [5.74, 6) is -4.13. The van der Waals surface area contributed by atoms with Gasteiger partial charge in [0.15, 0.2) is 17.5 Å². The summed E-state index contributed by atoms with van der Waals surface area (Å²) in [5.41, 5.74) is 0.417. The highest BCUT2D eigenvalue weighted by molar-refractivity contribution is 6.22. The van der Waals surface area contributed by atoms with E-state index in [1.165, 1.54) is 31.4 Å². The van der Waals surface area contributed by atoms with Crippen molar-refractivity contribution in [2.45, 2.75) is 13.8 Å². The van der Waals surface area contributed by atoms with Crippen LogP contribution in [0.3, 0.4) is 0 Å². The van der Waals surface area contributed by atoms with Crippen molar-refractivity contribution < 1.29 is 28.7 Å². The number of ketones is 2. The number of carbonyl (C=O) groups excluding carboxylic acids is 4. The zero-order chi connectivity index (χ0) is 16.0. The predicted octanol–water partition coefficient (Wildman–Crippen LogP) is 1.42. The van der Waals surface area contributed by atoms with Crippen LogP contribution in [0.15, 0.2) is 24.3 Å². The third kappa shape index (κ3) is 3.98. The number of Topliss-reactive ketones (excluding diaryl/α,β-unsaturated/α-hetero) is 2. The number of esters is 2. The van der Waals surface area contributed by atoms with Gasteiger partial charge >= 0.3 is 11.9 Å². The lowest BCUT2D eigenvalue weighted by Crippen LogP contribution is -2.32. The van der Waals surface area contributed by atoms with Gasteiger partial charge in [0, 0.05) is 5.56 Å². The van der Waals surface area contributed by atoms with Gasteiger partial charge in [0.2, 0.25) is 0 Å². The quantitative estimate of drug-likeness (QED) is 0.448. The molecule has 1 unspecified atom stereocenters. The number of ether oxygens (including phenoxy) is 2. The molecule has 0 spiro atoms. The molecule has 21 heavy (non-hydrogen) atoms. The maximum atomic E-state index is 12.2. The summed E-state index contributed by atoms with van der Waals surface area (Å²) < 4.78 is 9.27. The number of carbonyl (C=O) groups is 4. The molecule has 0 aromatic heterocycles. The molecule has 1 aromatic carbocycles. The van der Waals surface area contributed by atoms with Crippen molar-refractivity contribution in [3.8, 4) is 0 Å². The lowest BCUT2D eigenvalue weighted by molar-refractivity contribution is -0.148. The first kappa shape index (κ1) is 16.6. The van der Waals surface area contributed by atoms with Crippen LogP contribution < -0.4 is 0 Å². The molecule has 6 heteroatoms. The van der Waals surface area contributed by atoms with Crippen LogP contribution in [0.4, 0.5) is 0 Å². The molecule has 1 aromatic rings. The van der Waals surface area contributed by atoms with Crippen LogP contribution in [0.25, 0.3) is 0 Å². The van der Waals surface area contributed by atoms with Gasteiger partial charge in [-0.15, -0.1) is 0 Å². The predicted molar refractivity (Wildman–Crippen MR) is 72.9 cm³/mol. The fourth-order valence-electron chi connectivity index (χ4n) is 1.74. The highest BCUT2D eigenvalue weighted by Crippen LogP contribution is 2.14. The Bertz CT molecular complexity index is 558. The highest BCUT2D eigenvalue weighted by Gasteiger charge is 2.33. The zero-order valence-corrected chi connectivity index (χ0v) is 12.0. The molecule has 6 nitrogen and oxygen atoms in total. The highest BCUT2D eigenvalue weighted by atomic mass is 16.5. The van der Waals surface area contributed by atoms with Crippen LogP contribution in [-0.2, 0) is 19.1 Å². The first-order chi connectivity index (χ1) is 9.92. The van der Waals surface area contributed by atoms with Crippen LogP contribution in [-0.4, -0.2) is 37.2 Å². The van der Waals surface area contributed by atoms with Crippen molar-refractivity contribution in [2.75, 3.05) is 13.7 Å². The average Bonchev–Trinajstić information content (AvgIpc) is 2.46. The summed E-state index contributed by atoms with van der Waals surface area (Å²) in [6.07, 6.45) is 0. The second-order valence-corrected chi connectivity index (χ2v) is 4.23. The third-order valence-electron chi connectivity index (χ3n) is 2.78. The lowest BCUT2D eigenvalue weighted by atomic mass is 9.94.